The summed E-state index contributed by atoms with van der Waals surface area (Å²) in [5, 5.41) is 3.18. The highest BCUT2D eigenvalue weighted by atomic mass is 19.3. The highest BCUT2D eigenvalue weighted by Crippen LogP contribution is 2.62. The van der Waals surface area contributed by atoms with E-state index in [-0.39, 0.29) is 5.56 Å². The number of anilines is 1. The molecule has 1 saturated heterocycles. The zero-order valence-corrected chi connectivity index (χ0v) is 9.67. The third-order valence-corrected chi connectivity index (χ3v) is 3.42. The lowest BCUT2D eigenvalue weighted by Crippen LogP contribution is -2.44. The lowest BCUT2D eigenvalue weighted by molar-refractivity contribution is 0.0418. The van der Waals surface area contributed by atoms with Crippen molar-refractivity contribution < 1.29 is 13.2 Å². The van der Waals surface area contributed by atoms with Crippen molar-refractivity contribution in [2.45, 2.75) is 18.0 Å². The van der Waals surface area contributed by atoms with Gasteiger partial charge in [0.25, 0.3) is 5.92 Å². The summed E-state index contributed by atoms with van der Waals surface area (Å²) in [6.45, 7) is 3.18. The minimum atomic E-state index is -3.27. The summed E-state index contributed by atoms with van der Waals surface area (Å²) in [5.74, 6) is -2.81. The summed E-state index contributed by atoms with van der Waals surface area (Å²) in [7, 11) is 0. The van der Waals surface area contributed by atoms with Crippen LogP contribution >= 0.6 is 0 Å². The molecule has 1 unspecified atom stereocenters. The molecule has 1 aromatic rings. The molecule has 2 aliphatic rings. The molecule has 98 valence electrons. The van der Waals surface area contributed by atoms with E-state index in [2.05, 4.69) is 15.3 Å². The number of nitrogens with one attached hydrogen (secondary N) is 1. The summed E-state index contributed by atoms with van der Waals surface area (Å²) in [6, 6.07) is 0. The minimum Gasteiger partial charge on any atom is -0.338 e. The van der Waals surface area contributed by atoms with Gasteiger partial charge in [0.1, 0.15) is 0 Å². The quantitative estimate of drug-likeness (QED) is 0.862. The number of nitrogens with zero attached hydrogens (tertiary/aromatic N) is 3. The molecule has 4 nitrogen and oxygen atoms in total. The first-order valence-corrected chi connectivity index (χ1v) is 5.88. The number of hydrogen-bond acceptors (Lipinski definition) is 4. The topological polar surface area (TPSA) is 41.1 Å². The first-order valence-electron chi connectivity index (χ1n) is 5.88. The van der Waals surface area contributed by atoms with E-state index in [0.29, 0.717) is 5.95 Å². The van der Waals surface area contributed by atoms with Gasteiger partial charge in [-0.2, -0.15) is 0 Å². The van der Waals surface area contributed by atoms with Crippen molar-refractivity contribution in [3.05, 3.63) is 18.0 Å². The van der Waals surface area contributed by atoms with Crippen molar-refractivity contribution in [2.75, 3.05) is 31.1 Å². The predicted molar refractivity (Wildman–Crippen MR) is 59.5 cm³/mol. The van der Waals surface area contributed by atoms with E-state index in [0.717, 1.165) is 26.2 Å². The fourth-order valence-electron chi connectivity index (χ4n) is 2.13. The molecule has 0 amide bonds. The molecule has 1 saturated carbocycles. The normalized spacial score (nSPS) is 30.3. The van der Waals surface area contributed by atoms with Gasteiger partial charge in [-0.15, -0.1) is 0 Å². The van der Waals surface area contributed by atoms with Crippen LogP contribution in [0.3, 0.4) is 0 Å². The molecule has 3 rings (SSSR count). The maximum atomic E-state index is 13.7. The van der Waals surface area contributed by atoms with Gasteiger partial charge in [0.2, 0.25) is 11.6 Å². The Balaban J connectivity index is 1.77. The molecule has 1 atom stereocenters. The van der Waals surface area contributed by atoms with Crippen LogP contribution in [-0.2, 0) is 5.67 Å². The number of piperazine rings is 1. The van der Waals surface area contributed by atoms with Gasteiger partial charge in [-0.3, -0.25) is 0 Å². The van der Waals surface area contributed by atoms with Crippen LogP contribution in [0.4, 0.5) is 19.1 Å². The Morgan fingerprint density at radius 2 is 1.67 bits per heavy atom. The maximum absolute atomic E-state index is 13.7. The average molecular weight is 258 g/mol. The minimum absolute atomic E-state index is 0.133. The van der Waals surface area contributed by atoms with Crippen molar-refractivity contribution in [2.24, 2.45) is 0 Å². The molecule has 2 heterocycles. The Bertz CT molecular complexity index is 444. The molecule has 1 aliphatic heterocycles. The fourth-order valence-corrected chi connectivity index (χ4v) is 2.13. The lowest BCUT2D eigenvalue weighted by atomic mass is 10.2. The van der Waals surface area contributed by atoms with Gasteiger partial charge >= 0.3 is 0 Å². The molecule has 18 heavy (non-hydrogen) atoms. The highest BCUT2D eigenvalue weighted by Gasteiger charge is 2.74. The monoisotopic (exact) mass is 258 g/mol. The number of alkyl halides is 3. The van der Waals surface area contributed by atoms with Crippen LogP contribution < -0.4 is 10.2 Å². The van der Waals surface area contributed by atoms with Crippen molar-refractivity contribution >= 4 is 5.95 Å². The van der Waals surface area contributed by atoms with Crippen LogP contribution in [0.5, 0.6) is 0 Å². The number of hydrogen-bond donors (Lipinski definition) is 1. The zero-order valence-electron chi connectivity index (χ0n) is 9.67. The Kier molecular flexibility index (Phi) is 2.48. The van der Waals surface area contributed by atoms with Gasteiger partial charge in [-0.05, 0) is 0 Å². The molecule has 1 aromatic heterocycles. The molecule has 0 aromatic carbocycles. The second kappa shape index (κ2) is 3.81. The van der Waals surface area contributed by atoms with Crippen LogP contribution in [0.1, 0.15) is 12.0 Å². The van der Waals surface area contributed by atoms with E-state index in [1.807, 2.05) is 4.90 Å². The summed E-state index contributed by atoms with van der Waals surface area (Å²) in [4.78, 5) is 9.92. The Hall–Kier alpha value is -1.37. The third-order valence-electron chi connectivity index (χ3n) is 3.42. The SMILES string of the molecule is FC1(F)CC1(F)c1cnc(N2CCNCC2)nc1. The van der Waals surface area contributed by atoms with E-state index in [4.69, 9.17) is 0 Å². The number of halogens is 3. The van der Waals surface area contributed by atoms with E-state index in [1.54, 1.807) is 0 Å². The predicted octanol–water partition coefficient (Wildman–Crippen LogP) is 1.09. The van der Waals surface area contributed by atoms with Gasteiger partial charge in [0.15, 0.2) is 0 Å². The molecule has 7 heteroatoms. The summed E-state index contributed by atoms with van der Waals surface area (Å²) >= 11 is 0. The van der Waals surface area contributed by atoms with Crippen molar-refractivity contribution in [1.29, 1.82) is 0 Å². The molecule has 1 aliphatic carbocycles. The van der Waals surface area contributed by atoms with Gasteiger partial charge < -0.3 is 10.2 Å². The summed E-state index contributed by atoms with van der Waals surface area (Å²) in [5.41, 5.74) is -2.69. The van der Waals surface area contributed by atoms with E-state index < -0.39 is 18.0 Å². The standard InChI is InChI=1S/C11H13F3N4/c12-10(7-11(10,13)14)8-5-16-9(17-6-8)18-3-1-15-2-4-18/h5-6,15H,1-4,7H2. The first-order chi connectivity index (χ1) is 8.53. The molecule has 1 N–H and O–H groups in total. The Labute approximate surface area is 102 Å². The molecule has 2 fully saturated rings. The van der Waals surface area contributed by atoms with Crippen LogP contribution in [0.25, 0.3) is 0 Å². The second-order valence-corrected chi connectivity index (χ2v) is 4.69. The smallest absolute Gasteiger partial charge is 0.289 e. The van der Waals surface area contributed by atoms with Crippen LogP contribution in [0, 0.1) is 0 Å². The van der Waals surface area contributed by atoms with Crippen LogP contribution in [0.2, 0.25) is 0 Å². The van der Waals surface area contributed by atoms with E-state index in [1.165, 1.54) is 12.4 Å². The molecule has 0 bridgehead atoms. The first kappa shape index (κ1) is 11.7. The molecular weight excluding hydrogens is 245 g/mol. The summed E-state index contributed by atoms with van der Waals surface area (Å²) in [6.07, 6.45) is 1.58. The molecular formula is C11H13F3N4. The van der Waals surface area contributed by atoms with Gasteiger partial charge in [-0.25, -0.2) is 23.1 Å². The maximum Gasteiger partial charge on any atom is 0.289 e. The molecule has 0 radical (unpaired) electrons. The Morgan fingerprint density at radius 1 is 1.11 bits per heavy atom. The number of rotatable bonds is 2. The third kappa shape index (κ3) is 1.73. The van der Waals surface area contributed by atoms with Crippen molar-refractivity contribution in [3.8, 4) is 0 Å². The van der Waals surface area contributed by atoms with Crippen molar-refractivity contribution in [1.82, 2.24) is 15.3 Å². The second-order valence-electron chi connectivity index (χ2n) is 4.69. The summed E-state index contributed by atoms with van der Waals surface area (Å²) < 4.78 is 39.5. The Morgan fingerprint density at radius 3 is 2.17 bits per heavy atom. The van der Waals surface area contributed by atoms with Crippen LogP contribution in [0.15, 0.2) is 12.4 Å². The highest BCUT2D eigenvalue weighted by molar-refractivity contribution is 5.36. The zero-order chi connectivity index (χ0) is 12.8. The van der Waals surface area contributed by atoms with E-state index in [9.17, 15) is 13.2 Å². The van der Waals surface area contributed by atoms with Crippen molar-refractivity contribution in [3.63, 3.8) is 0 Å². The van der Waals surface area contributed by atoms with Crippen LogP contribution in [-0.4, -0.2) is 42.1 Å². The average Bonchev–Trinajstić information content (AvgIpc) is 2.91. The van der Waals surface area contributed by atoms with Gasteiger partial charge in [0, 0.05) is 44.1 Å². The largest absolute Gasteiger partial charge is 0.338 e. The number of aromatic nitrogens is 2. The lowest BCUT2D eigenvalue weighted by Gasteiger charge is -2.27. The molecule has 0 spiro atoms. The van der Waals surface area contributed by atoms with Gasteiger partial charge in [-0.1, -0.05) is 0 Å². The van der Waals surface area contributed by atoms with Gasteiger partial charge in [0.05, 0.1) is 6.42 Å². The fraction of sp³-hybridized carbons (Fsp3) is 0.636. The van der Waals surface area contributed by atoms with E-state index >= 15 is 0 Å².